The Labute approximate surface area is 180 Å². The zero-order valence-corrected chi connectivity index (χ0v) is 19.5. The number of benzene rings is 1. The molecule has 0 heterocycles. The number of rotatable bonds is 11. The number of halogens is 5. The minimum Gasteiger partial charge on any atom is -0.377 e. The lowest BCUT2D eigenvalue weighted by Gasteiger charge is -2.24. The van der Waals surface area contributed by atoms with Gasteiger partial charge in [-0.25, -0.2) is 0 Å². The maximum absolute atomic E-state index is 12.5. The van der Waals surface area contributed by atoms with Crippen molar-refractivity contribution >= 4 is 72.6 Å². The second kappa shape index (κ2) is 11.4. The van der Waals surface area contributed by atoms with E-state index in [1.807, 2.05) is 0 Å². The summed E-state index contributed by atoms with van der Waals surface area (Å²) in [5, 5.41) is 0.179. The Hall–Kier alpha value is 0.437. The van der Waals surface area contributed by atoms with Gasteiger partial charge in [-0.15, -0.1) is 0 Å². The van der Waals surface area contributed by atoms with Crippen molar-refractivity contribution in [1.29, 1.82) is 0 Å². The highest BCUT2D eigenvalue weighted by Gasteiger charge is 2.36. The zero-order chi connectivity index (χ0) is 19.9. The number of carbonyl (C=O) groups excluding carboxylic acids is 1. The van der Waals surface area contributed by atoms with Gasteiger partial charge in [-0.2, -0.15) is 0 Å². The van der Waals surface area contributed by atoms with E-state index in [1.165, 1.54) is 0 Å². The largest absolute Gasteiger partial charge is 0.500 e. The van der Waals surface area contributed by atoms with Gasteiger partial charge >= 0.3 is 8.80 Å². The average molecular weight is 483 g/mol. The fourth-order valence-electron chi connectivity index (χ4n) is 2.51. The van der Waals surface area contributed by atoms with Crippen LogP contribution in [0.15, 0.2) is 0 Å². The van der Waals surface area contributed by atoms with Gasteiger partial charge in [0.15, 0.2) is 5.78 Å². The Kier molecular flexibility index (Phi) is 10.8. The highest BCUT2D eigenvalue weighted by Crippen LogP contribution is 2.44. The Balaban J connectivity index is 2.54. The van der Waals surface area contributed by atoms with E-state index in [9.17, 15) is 4.79 Å². The van der Waals surface area contributed by atoms with Gasteiger partial charge in [0.25, 0.3) is 0 Å². The standard InChI is InChI=1S/C16H21Cl5O4Si/c1-23-26(24-2,25-3)9-7-5-4-6-8-10(22)11-12(17)14(19)16(21)15(20)13(11)18/h4-9H2,1-3H3. The van der Waals surface area contributed by atoms with Crippen molar-refractivity contribution < 1.29 is 18.1 Å². The monoisotopic (exact) mass is 480 g/mol. The molecule has 4 nitrogen and oxygen atoms in total. The molecule has 0 saturated heterocycles. The summed E-state index contributed by atoms with van der Waals surface area (Å²) >= 11 is 30.2. The summed E-state index contributed by atoms with van der Waals surface area (Å²) in [6.45, 7) is 0. The van der Waals surface area contributed by atoms with E-state index in [4.69, 9.17) is 71.3 Å². The van der Waals surface area contributed by atoms with Gasteiger partial charge in [0, 0.05) is 33.8 Å². The van der Waals surface area contributed by atoms with Crippen LogP contribution in [-0.4, -0.2) is 35.9 Å². The van der Waals surface area contributed by atoms with E-state index >= 15 is 0 Å². The lowest BCUT2D eigenvalue weighted by atomic mass is 10.0. The van der Waals surface area contributed by atoms with Crippen LogP contribution in [0.1, 0.15) is 42.5 Å². The first kappa shape index (κ1) is 24.5. The summed E-state index contributed by atoms with van der Waals surface area (Å²) < 4.78 is 16.1. The quantitative estimate of drug-likeness (QED) is 0.112. The van der Waals surface area contributed by atoms with Crippen LogP contribution in [0.3, 0.4) is 0 Å². The minimum absolute atomic E-state index is 0.0334. The van der Waals surface area contributed by atoms with Crippen molar-refractivity contribution in [2.75, 3.05) is 21.3 Å². The normalized spacial score (nSPS) is 11.8. The summed E-state index contributed by atoms with van der Waals surface area (Å²) in [4.78, 5) is 12.5. The molecule has 1 aromatic rings. The molecule has 0 aliphatic rings. The van der Waals surface area contributed by atoms with E-state index in [2.05, 4.69) is 0 Å². The third-order valence-corrected chi connectivity index (χ3v) is 9.17. The van der Waals surface area contributed by atoms with Gasteiger partial charge in [0.2, 0.25) is 0 Å². The van der Waals surface area contributed by atoms with E-state index in [-0.39, 0.29) is 42.9 Å². The van der Waals surface area contributed by atoms with Gasteiger partial charge in [-0.05, 0) is 12.8 Å². The first-order chi connectivity index (χ1) is 12.2. The average Bonchev–Trinajstić information content (AvgIpc) is 2.65. The Bertz CT molecular complexity index is 600. The van der Waals surface area contributed by atoms with Crippen LogP contribution in [0, 0.1) is 0 Å². The van der Waals surface area contributed by atoms with E-state index in [1.54, 1.807) is 21.3 Å². The second-order valence-electron chi connectivity index (χ2n) is 5.58. The number of hydrogen-bond donors (Lipinski definition) is 0. The lowest BCUT2D eigenvalue weighted by molar-refractivity contribution is 0.0978. The predicted molar refractivity (Wildman–Crippen MR) is 110 cm³/mol. The van der Waals surface area contributed by atoms with Crippen LogP contribution in [-0.2, 0) is 13.3 Å². The molecule has 0 fully saturated rings. The molecule has 0 spiro atoms. The van der Waals surface area contributed by atoms with Crippen molar-refractivity contribution in [1.82, 2.24) is 0 Å². The molecule has 0 unspecified atom stereocenters. The number of hydrogen-bond acceptors (Lipinski definition) is 4. The van der Waals surface area contributed by atoms with Gasteiger partial charge in [0.1, 0.15) is 0 Å². The number of unbranched alkanes of at least 4 members (excludes halogenated alkanes) is 3. The molecule has 26 heavy (non-hydrogen) atoms. The first-order valence-electron chi connectivity index (χ1n) is 7.94. The molecule has 0 amide bonds. The fraction of sp³-hybridized carbons (Fsp3) is 0.562. The number of carbonyl (C=O) groups is 1. The summed E-state index contributed by atoms with van der Waals surface area (Å²) in [5.41, 5.74) is 0.123. The van der Waals surface area contributed by atoms with Crippen LogP contribution >= 0.6 is 58.0 Å². The van der Waals surface area contributed by atoms with Crippen molar-refractivity contribution in [2.24, 2.45) is 0 Å². The Morgan fingerprint density at radius 3 is 1.62 bits per heavy atom. The highest BCUT2D eigenvalue weighted by molar-refractivity contribution is 6.60. The summed E-state index contributed by atoms with van der Waals surface area (Å²) in [6.07, 6.45) is 3.63. The molecule has 0 bridgehead atoms. The molecule has 10 heteroatoms. The third-order valence-electron chi connectivity index (χ3n) is 4.06. The van der Waals surface area contributed by atoms with Gasteiger partial charge in [-0.1, -0.05) is 70.8 Å². The van der Waals surface area contributed by atoms with E-state index < -0.39 is 8.80 Å². The predicted octanol–water partition coefficient (Wildman–Crippen LogP) is 6.96. The van der Waals surface area contributed by atoms with Crippen molar-refractivity contribution in [3.05, 3.63) is 30.7 Å². The molecule has 0 aliphatic heterocycles. The van der Waals surface area contributed by atoms with Crippen LogP contribution in [0.5, 0.6) is 0 Å². The maximum Gasteiger partial charge on any atom is 0.500 e. The summed E-state index contributed by atoms with van der Waals surface area (Å²) in [7, 11) is 2.24. The van der Waals surface area contributed by atoms with Crippen LogP contribution in [0.2, 0.25) is 31.2 Å². The van der Waals surface area contributed by atoms with Crippen LogP contribution < -0.4 is 0 Å². The SMILES string of the molecule is CO[Si](CCCCCCC(=O)c1c(Cl)c(Cl)c(Cl)c(Cl)c1Cl)(OC)OC. The number of ketones is 1. The molecule has 148 valence electrons. The second-order valence-corrected chi connectivity index (χ2v) is 10.6. The van der Waals surface area contributed by atoms with Crippen LogP contribution in [0.25, 0.3) is 0 Å². The van der Waals surface area contributed by atoms with Crippen molar-refractivity contribution in [3.8, 4) is 0 Å². The third kappa shape index (κ3) is 5.97. The Morgan fingerprint density at radius 2 is 1.15 bits per heavy atom. The fourth-order valence-corrected chi connectivity index (χ4v) is 5.66. The minimum atomic E-state index is -2.53. The molecular weight excluding hydrogens is 462 g/mol. The smallest absolute Gasteiger partial charge is 0.377 e. The van der Waals surface area contributed by atoms with Gasteiger partial charge in [-0.3, -0.25) is 4.79 Å². The molecule has 0 N–H and O–H groups in total. The maximum atomic E-state index is 12.5. The molecule has 0 radical (unpaired) electrons. The molecule has 0 saturated carbocycles. The van der Waals surface area contributed by atoms with Gasteiger partial charge in [0.05, 0.1) is 30.7 Å². The molecule has 0 aliphatic carbocycles. The highest BCUT2D eigenvalue weighted by atomic mass is 35.5. The van der Waals surface area contributed by atoms with E-state index in [0.29, 0.717) is 6.42 Å². The molecule has 1 rings (SSSR count). The molecule has 1 aromatic carbocycles. The van der Waals surface area contributed by atoms with Crippen molar-refractivity contribution in [2.45, 2.75) is 38.1 Å². The summed E-state index contributed by atoms with van der Waals surface area (Å²) in [6, 6.07) is 0.727. The number of Topliss-reactive ketones (excluding diaryl/α,β-unsaturated/α-hetero) is 1. The zero-order valence-electron chi connectivity index (χ0n) is 14.8. The van der Waals surface area contributed by atoms with Crippen molar-refractivity contribution in [3.63, 3.8) is 0 Å². The van der Waals surface area contributed by atoms with E-state index in [0.717, 1.165) is 25.3 Å². The topological polar surface area (TPSA) is 44.8 Å². The molecule has 0 aromatic heterocycles. The first-order valence-corrected chi connectivity index (χ1v) is 11.8. The Morgan fingerprint density at radius 1 is 0.731 bits per heavy atom. The molecule has 0 atom stereocenters. The molecular formula is C16H21Cl5O4Si. The van der Waals surface area contributed by atoms with Crippen LogP contribution in [0.4, 0.5) is 0 Å². The van der Waals surface area contributed by atoms with Gasteiger partial charge < -0.3 is 13.3 Å². The lowest BCUT2D eigenvalue weighted by Crippen LogP contribution is -2.42. The summed E-state index contributed by atoms with van der Waals surface area (Å²) in [5.74, 6) is -0.213.